The Morgan fingerprint density at radius 3 is 2.54 bits per heavy atom. The number of thiazole rings is 1. The third kappa shape index (κ3) is 4.51. The van der Waals surface area contributed by atoms with Gasteiger partial charge in [0.25, 0.3) is 0 Å². The van der Waals surface area contributed by atoms with Crippen molar-refractivity contribution in [2.24, 2.45) is 5.73 Å². The van der Waals surface area contributed by atoms with Gasteiger partial charge in [-0.1, -0.05) is 11.6 Å². The monoisotopic (exact) mass is 368 g/mol. The average molecular weight is 369 g/mol. The zero-order chi connectivity index (χ0) is 17.7. The number of aliphatic hydroxyl groups is 1. The summed E-state index contributed by atoms with van der Waals surface area (Å²) in [5.74, 6) is -1.63. The highest BCUT2D eigenvalue weighted by Gasteiger charge is 2.22. The van der Waals surface area contributed by atoms with Gasteiger partial charge in [-0.3, -0.25) is 9.59 Å². The van der Waals surface area contributed by atoms with Crippen molar-refractivity contribution in [3.8, 4) is 0 Å². The van der Waals surface area contributed by atoms with E-state index < -0.39 is 17.9 Å². The number of benzene rings is 1. The number of carbonyl (C=O) groups excluding carboxylic acids is 2. The maximum Gasteiger partial charge on any atom is 0.313 e. The Balaban J connectivity index is 2.02. The van der Waals surface area contributed by atoms with Crippen molar-refractivity contribution in [1.29, 1.82) is 0 Å². The highest BCUT2D eigenvalue weighted by atomic mass is 35.5. The Hall–Kier alpha value is -2.00. The smallest absolute Gasteiger partial charge is 0.313 e. The van der Waals surface area contributed by atoms with Gasteiger partial charge in [0.1, 0.15) is 5.01 Å². The normalized spacial score (nSPS) is 11.8. The standard InChI is InChI=1S/C15H17ClN4O3S/c1-8-12(7-21)24-15(18-8)11(6-17)20-14(23)13(22)19-10-4-2-9(16)3-5-10/h2-5,11,21H,6-7,17H2,1H3,(H,19,22)(H,20,23)/t11-/m1/s1. The van der Waals surface area contributed by atoms with Gasteiger partial charge in [0.2, 0.25) is 0 Å². The van der Waals surface area contributed by atoms with Gasteiger partial charge in [-0.2, -0.15) is 0 Å². The molecule has 0 aliphatic rings. The first-order chi connectivity index (χ1) is 11.4. The SMILES string of the molecule is Cc1nc([C@@H](CN)NC(=O)C(=O)Nc2ccc(Cl)cc2)sc1CO. The Labute approximate surface area is 147 Å². The number of carbonyl (C=O) groups is 2. The second-order valence-corrected chi connectivity index (χ2v) is 6.49. The second-order valence-electron chi connectivity index (χ2n) is 4.94. The first-order valence-corrected chi connectivity index (χ1v) is 8.28. The van der Waals surface area contributed by atoms with E-state index in [0.717, 1.165) is 0 Å². The molecule has 0 radical (unpaired) electrons. The van der Waals surface area contributed by atoms with Gasteiger partial charge in [0.05, 0.1) is 23.2 Å². The van der Waals surface area contributed by atoms with Crippen LogP contribution in [0.15, 0.2) is 24.3 Å². The van der Waals surface area contributed by atoms with Gasteiger partial charge >= 0.3 is 11.8 Å². The maximum atomic E-state index is 12.0. The van der Waals surface area contributed by atoms with Crippen LogP contribution in [-0.4, -0.2) is 28.4 Å². The van der Waals surface area contributed by atoms with E-state index in [4.69, 9.17) is 17.3 Å². The highest BCUT2D eigenvalue weighted by molar-refractivity contribution is 7.11. The molecule has 2 amide bonds. The van der Waals surface area contributed by atoms with E-state index in [-0.39, 0.29) is 13.2 Å². The Bertz CT molecular complexity index is 733. The Kier molecular flexibility index (Phi) is 6.27. The maximum absolute atomic E-state index is 12.0. The lowest BCUT2D eigenvalue weighted by Gasteiger charge is -2.14. The summed E-state index contributed by atoms with van der Waals surface area (Å²) in [7, 11) is 0. The van der Waals surface area contributed by atoms with Gasteiger partial charge in [-0.25, -0.2) is 4.98 Å². The molecule has 0 bridgehead atoms. The molecule has 0 saturated carbocycles. The molecule has 128 valence electrons. The summed E-state index contributed by atoms with van der Waals surface area (Å²) in [6.45, 7) is 1.71. The van der Waals surface area contributed by atoms with Gasteiger partial charge < -0.3 is 21.5 Å². The number of aliphatic hydroxyl groups excluding tert-OH is 1. The number of rotatable bonds is 5. The van der Waals surface area contributed by atoms with Crippen molar-refractivity contribution in [3.05, 3.63) is 44.9 Å². The predicted molar refractivity (Wildman–Crippen MR) is 92.8 cm³/mol. The fourth-order valence-electron chi connectivity index (χ4n) is 1.91. The number of aryl methyl sites for hydroxylation is 1. The van der Waals surface area contributed by atoms with E-state index in [1.54, 1.807) is 31.2 Å². The molecule has 1 aromatic heterocycles. The number of nitrogens with one attached hydrogen (secondary N) is 2. The van der Waals surface area contributed by atoms with Crippen LogP contribution in [0.1, 0.15) is 21.6 Å². The van der Waals surface area contributed by atoms with E-state index in [2.05, 4.69) is 15.6 Å². The topological polar surface area (TPSA) is 117 Å². The molecular weight excluding hydrogens is 352 g/mol. The minimum atomic E-state index is -0.821. The van der Waals surface area contributed by atoms with Crippen LogP contribution in [0.3, 0.4) is 0 Å². The molecule has 0 aliphatic carbocycles. The van der Waals surface area contributed by atoms with E-state index >= 15 is 0 Å². The number of hydrogen-bond acceptors (Lipinski definition) is 6. The molecule has 1 aromatic carbocycles. The fourth-order valence-corrected chi connectivity index (χ4v) is 3.03. The molecule has 0 spiro atoms. The van der Waals surface area contributed by atoms with Crippen LogP contribution in [0.5, 0.6) is 0 Å². The van der Waals surface area contributed by atoms with Crippen LogP contribution in [0.4, 0.5) is 5.69 Å². The van der Waals surface area contributed by atoms with Crippen molar-refractivity contribution >= 4 is 40.4 Å². The number of aromatic nitrogens is 1. The molecule has 1 heterocycles. The molecule has 0 unspecified atom stereocenters. The minimum Gasteiger partial charge on any atom is -0.391 e. The van der Waals surface area contributed by atoms with Crippen LogP contribution in [-0.2, 0) is 16.2 Å². The number of nitrogens with zero attached hydrogens (tertiary/aromatic N) is 1. The summed E-state index contributed by atoms with van der Waals surface area (Å²) in [6, 6.07) is 5.79. The molecule has 5 N–H and O–H groups in total. The summed E-state index contributed by atoms with van der Waals surface area (Å²) >= 11 is 7.01. The third-order valence-electron chi connectivity index (χ3n) is 3.20. The Morgan fingerprint density at radius 1 is 1.33 bits per heavy atom. The predicted octanol–water partition coefficient (Wildman–Crippen LogP) is 1.35. The fraction of sp³-hybridized carbons (Fsp3) is 0.267. The zero-order valence-electron chi connectivity index (χ0n) is 12.9. The molecular formula is C15H17ClN4O3S. The van der Waals surface area contributed by atoms with Gasteiger partial charge in [-0.05, 0) is 31.2 Å². The van der Waals surface area contributed by atoms with Crippen LogP contribution in [0, 0.1) is 6.92 Å². The van der Waals surface area contributed by atoms with Crippen LogP contribution >= 0.6 is 22.9 Å². The molecule has 0 fully saturated rings. The summed E-state index contributed by atoms with van der Waals surface area (Å²) in [6.07, 6.45) is 0. The van der Waals surface area contributed by atoms with E-state index in [9.17, 15) is 14.7 Å². The van der Waals surface area contributed by atoms with Crippen molar-refractivity contribution in [2.45, 2.75) is 19.6 Å². The Morgan fingerprint density at radius 2 is 2.00 bits per heavy atom. The van der Waals surface area contributed by atoms with Crippen molar-refractivity contribution < 1.29 is 14.7 Å². The second kappa shape index (κ2) is 8.20. The number of nitrogens with two attached hydrogens (primary N) is 1. The minimum absolute atomic E-state index is 0.0811. The van der Waals surface area contributed by atoms with Crippen LogP contribution in [0.25, 0.3) is 0 Å². The molecule has 1 atom stereocenters. The molecule has 24 heavy (non-hydrogen) atoms. The lowest BCUT2D eigenvalue weighted by atomic mass is 10.3. The largest absolute Gasteiger partial charge is 0.391 e. The quantitative estimate of drug-likeness (QED) is 0.594. The summed E-state index contributed by atoms with van der Waals surface area (Å²) < 4.78 is 0. The van der Waals surface area contributed by atoms with Crippen molar-refractivity contribution in [1.82, 2.24) is 10.3 Å². The van der Waals surface area contributed by atoms with Crippen molar-refractivity contribution in [2.75, 3.05) is 11.9 Å². The molecule has 0 saturated heterocycles. The van der Waals surface area contributed by atoms with Crippen LogP contribution < -0.4 is 16.4 Å². The summed E-state index contributed by atoms with van der Waals surface area (Å²) in [5.41, 5.74) is 6.80. The lowest BCUT2D eigenvalue weighted by Crippen LogP contribution is -2.40. The zero-order valence-corrected chi connectivity index (χ0v) is 14.4. The summed E-state index contributed by atoms with van der Waals surface area (Å²) in [4.78, 5) is 29.0. The van der Waals surface area contributed by atoms with Crippen molar-refractivity contribution in [3.63, 3.8) is 0 Å². The van der Waals surface area contributed by atoms with E-state index in [1.807, 2.05) is 0 Å². The first kappa shape index (κ1) is 18.3. The van der Waals surface area contributed by atoms with E-state index in [0.29, 0.717) is 26.3 Å². The van der Waals surface area contributed by atoms with E-state index in [1.165, 1.54) is 11.3 Å². The molecule has 9 heteroatoms. The lowest BCUT2D eigenvalue weighted by molar-refractivity contribution is -0.136. The van der Waals surface area contributed by atoms with Gasteiger partial charge in [-0.15, -0.1) is 11.3 Å². The number of hydrogen-bond donors (Lipinski definition) is 4. The van der Waals surface area contributed by atoms with Gasteiger partial charge in [0, 0.05) is 17.3 Å². The first-order valence-electron chi connectivity index (χ1n) is 7.09. The number of anilines is 1. The molecule has 2 rings (SSSR count). The molecule has 7 nitrogen and oxygen atoms in total. The summed E-state index contributed by atoms with van der Waals surface area (Å²) in [5, 5.41) is 15.3. The average Bonchev–Trinajstić information content (AvgIpc) is 2.95. The molecule has 0 aliphatic heterocycles. The number of halogens is 1. The number of amides is 2. The van der Waals surface area contributed by atoms with Gasteiger partial charge in [0.15, 0.2) is 0 Å². The third-order valence-corrected chi connectivity index (χ3v) is 4.71. The highest BCUT2D eigenvalue weighted by Crippen LogP contribution is 2.23. The van der Waals surface area contributed by atoms with Crippen LogP contribution in [0.2, 0.25) is 5.02 Å². The molecule has 2 aromatic rings.